The van der Waals surface area contributed by atoms with Crippen molar-refractivity contribution in [1.29, 1.82) is 5.41 Å². The van der Waals surface area contributed by atoms with Crippen LogP contribution in [0.1, 0.15) is 43.0 Å². The molecule has 1 saturated carbocycles. The van der Waals surface area contributed by atoms with E-state index in [1.54, 1.807) is 55.5 Å². The molecule has 1 fully saturated rings. The van der Waals surface area contributed by atoms with E-state index in [2.05, 4.69) is 5.32 Å². The highest BCUT2D eigenvalue weighted by atomic mass is 35.5. The van der Waals surface area contributed by atoms with Gasteiger partial charge in [0.2, 0.25) is 0 Å². The lowest BCUT2D eigenvalue weighted by molar-refractivity contribution is -0.140. The second-order valence-corrected chi connectivity index (χ2v) is 7.75. The Morgan fingerprint density at radius 3 is 2.06 bits per heavy atom. The van der Waals surface area contributed by atoms with Gasteiger partial charge in [0.15, 0.2) is 5.96 Å². The van der Waals surface area contributed by atoms with E-state index in [-0.39, 0.29) is 36.2 Å². The first-order valence-corrected chi connectivity index (χ1v) is 10.8. The maximum absolute atomic E-state index is 12.5. The van der Waals surface area contributed by atoms with Crippen molar-refractivity contribution in [2.24, 2.45) is 17.6 Å². The normalized spacial score (nSPS) is 17.2. The first-order chi connectivity index (χ1) is 15.4. The number of rotatable bonds is 8. The molecule has 0 unspecified atom stereocenters. The molecule has 0 atom stereocenters. The van der Waals surface area contributed by atoms with E-state index in [9.17, 15) is 9.59 Å². The average molecular weight is 476 g/mol. The Balaban J connectivity index is 0.00000385. The van der Waals surface area contributed by atoms with Crippen molar-refractivity contribution in [1.82, 2.24) is 5.32 Å². The van der Waals surface area contributed by atoms with Crippen molar-refractivity contribution in [2.45, 2.75) is 32.6 Å². The zero-order valence-corrected chi connectivity index (χ0v) is 19.4. The van der Waals surface area contributed by atoms with E-state index in [0.29, 0.717) is 41.9 Å². The zero-order chi connectivity index (χ0) is 22.9. The van der Waals surface area contributed by atoms with E-state index < -0.39 is 0 Å². The van der Waals surface area contributed by atoms with E-state index in [4.69, 9.17) is 25.4 Å². The van der Waals surface area contributed by atoms with Crippen molar-refractivity contribution in [3.05, 3.63) is 54.1 Å². The van der Waals surface area contributed by atoms with Gasteiger partial charge in [0.05, 0.1) is 18.1 Å². The summed E-state index contributed by atoms with van der Waals surface area (Å²) in [5.41, 5.74) is 5.79. The number of esters is 2. The first kappa shape index (κ1) is 26.0. The third-order valence-electron chi connectivity index (χ3n) is 5.40. The van der Waals surface area contributed by atoms with Crippen LogP contribution in [-0.4, -0.2) is 31.0 Å². The summed E-state index contributed by atoms with van der Waals surface area (Å²) in [7, 11) is 0. The molecule has 0 bridgehead atoms. The SMILES string of the molecule is CCOC(=O)c1ccc(Oc2ccc(OC(=O)[C@H]3CC[C@H](CNC(=N)N)CC3)cc2)cc1.Cl. The Bertz CT molecular complexity index is 926. The highest BCUT2D eigenvalue weighted by Gasteiger charge is 2.27. The van der Waals surface area contributed by atoms with Gasteiger partial charge in [-0.1, -0.05) is 0 Å². The summed E-state index contributed by atoms with van der Waals surface area (Å²) in [6.45, 7) is 2.76. The minimum atomic E-state index is -0.369. The third kappa shape index (κ3) is 7.98. The van der Waals surface area contributed by atoms with Crippen LogP contribution in [0.5, 0.6) is 17.2 Å². The van der Waals surface area contributed by atoms with Gasteiger partial charge in [-0.25, -0.2) is 4.79 Å². The van der Waals surface area contributed by atoms with Crippen LogP contribution in [0.15, 0.2) is 48.5 Å². The molecule has 0 radical (unpaired) electrons. The summed E-state index contributed by atoms with van der Waals surface area (Å²) in [6.07, 6.45) is 3.35. The van der Waals surface area contributed by atoms with Crippen LogP contribution in [-0.2, 0) is 9.53 Å². The standard InChI is InChI=1S/C24H29N3O5.ClH/c1-2-30-22(28)17-7-9-19(10-8-17)31-20-11-13-21(14-12-20)32-23(29)18-5-3-16(4-6-18)15-27-24(25)26;/h7-14,16,18H,2-6,15H2,1H3,(H4,25,26,27);1H/t16-,18-;. The fourth-order valence-corrected chi connectivity index (χ4v) is 3.64. The van der Waals surface area contributed by atoms with Crippen LogP contribution in [0.4, 0.5) is 0 Å². The monoisotopic (exact) mass is 475 g/mol. The number of hydrogen-bond donors (Lipinski definition) is 3. The molecule has 9 heteroatoms. The number of guanidine groups is 1. The fourth-order valence-electron chi connectivity index (χ4n) is 3.64. The van der Waals surface area contributed by atoms with Gasteiger partial charge >= 0.3 is 11.9 Å². The van der Waals surface area contributed by atoms with Crippen molar-refractivity contribution < 1.29 is 23.8 Å². The van der Waals surface area contributed by atoms with Gasteiger partial charge < -0.3 is 25.3 Å². The Labute approximate surface area is 199 Å². The lowest BCUT2D eigenvalue weighted by Gasteiger charge is -2.27. The Morgan fingerprint density at radius 1 is 0.970 bits per heavy atom. The number of carbonyl (C=O) groups is 2. The molecule has 8 nitrogen and oxygen atoms in total. The molecule has 0 spiro atoms. The molecule has 178 valence electrons. The lowest BCUT2D eigenvalue weighted by Crippen LogP contribution is -2.36. The third-order valence-corrected chi connectivity index (χ3v) is 5.40. The van der Waals surface area contributed by atoms with Gasteiger partial charge in [0.1, 0.15) is 17.2 Å². The number of halogens is 1. The van der Waals surface area contributed by atoms with Gasteiger partial charge in [-0.05, 0) is 87.1 Å². The maximum Gasteiger partial charge on any atom is 0.338 e. The van der Waals surface area contributed by atoms with Crippen molar-refractivity contribution in [3.63, 3.8) is 0 Å². The Morgan fingerprint density at radius 2 is 1.52 bits per heavy atom. The molecule has 0 heterocycles. The summed E-state index contributed by atoms with van der Waals surface area (Å²) in [5, 5.41) is 10.1. The fraction of sp³-hybridized carbons (Fsp3) is 0.375. The van der Waals surface area contributed by atoms with Crippen LogP contribution in [0.25, 0.3) is 0 Å². The highest BCUT2D eigenvalue weighted by molar-refractivity contribution is 5.89. The van der Waals surface area contributed by atoms with E-state index in [1.807, 2.05) is 0 Å². The first-order valence-electron chi connectivity index (χ1n) is 10.8. The number of benzene rings is 2. The van der Waals surface area contributed by atoms with Gasteiger partial charge in [-0.2, -0.15) is 0 Å². The topological polar surface area (TPSA) is 124 Å². The molecule has 0 aromatic heterocycles. The summed E-state index contributed by atoms with van der Waals surface area (Å²) in [4.78, 5) is 24.2. The van der Waals surface area contributed by atoms with Crippen molar-refractivity contribution in [3.8, 4) is 17.2 Å². The molecular formula is C24H30ClN3O5. The van der Waals surface area contributed by atoms with Crippen molar-refractivity contribution >= 4 is 30.3 Å². The van der Waals surface area contributed by atoms with Gasteiger partial charge in [-0.15, -0.1) is 12.4 Å². The molecule has 4 N–H and O–H groups in total. The van der Waals surface area contributed by atoms with Crippen LogP contribution in [0.2, 0.25) is 0 Å². The van der Waals surface area contributed by atoms with Crippen LogP contribution in [0.3, 0.4) is 0 Å². The van der Waals surface area contributed by atoms with Gasteiger partial charge in [0, 0.05) is 6.54 Å². The number of hydrogen-bond acceptors (Lipinski definition) is 6. The zero-order valence-electron chi connectivity index (χ0n) is 18.5. The second-order valence-electron chi connectivity index (χ2n) is 7.75. The van der Waals surface area contributed by atoms with Crippen LogP contribution >= 0.6 is 12.4 Å². The van der Waals surface area contributed by atoms with Gasteiger partial charge in [-0.3, -0.25) is 10.2 Å². The molecule has 1 aliphatic carbocycles. The quantitative estimate of drug-likeness (QED) is 0.225. The summed E-state index contributed by atoms with van der Waals surface area (Å²) >= 11 is 0. The minimum absolute atomic E-state index is 0. The summed E-state index contributed by atoms with van der Waals surface area (Å²) < 4.78 is 16.3. The lowest BCUT2D eigenvalue weighted by atomic mass is 9.82. The second kappa shape index (κ2) is 12.7. The summed E-state index contributed by atoms with van der Waals surface area (Å²) in [5.74, 6) is 1.35. The van der Waals surface area contributed by atoms with Crippen LogP contribution < -0.4 is 20.5 Å². The largest absolute Gasteiger partial charge is 0.462 e. The Hall–Kier alpha value is -3.26. The number of nitrogens with two attached hydrogens (primary N) is 1. The molecule has 33 heavy (non-hydrogen) atoms. The van der Waals surface area contributed by atoms with Crippen LogP contribution in [0, 0.1) is 17.2 Å². The van der Waals surface area contributed by atoms with E-state index in [0.717, 1.165) is 25.7 Å². The molecule has 0 amide bonds. The summed E-state index contributed by atoms with van der Waals surface area (Å²) in [6, 6.07) is 13.5. The number of carbonyl (C=O) groups excluding carboxylic acids is 2. The predicted octanol–water partition coefficient (Wildman–Crippen LogP) is 4.27. The van der Waals surface area contributed by atoms with E-state index >= 15 is 0 Å². The molecule has 2 aromatic rings. The number of nitrogens with one attached hydrogen (secondary N) is 2. The van der Waals surface area contributed by atoms with Crippen molar-refractivity contribution in [2.75, 3.05) is 13.2 Å². The molecule has 3 rings (SSSR count). The number of ether oxygens (including phenoxy) is 3. The smallest absolute Gasteiger partial charge is 0.338 e. The molecule has 2 aromatic carbocycles. The predicted molar refractivity (Wildman–Crippen MR) is 127 cm³/mol. The molecule has 1 aliphatic rings. The average Bonchev–Trinajstić information content (AvgIpc) is 2.80. The molecular weight excluding hydrogens is 446 g/mol. The maximum atomic E-state index is 12.5. The Kier molecular flexibility index (Phi) is 10.00. The highest BCUT2D eigenvalue weighted by Crippen LogP contribution is 2.30. The van der Waals surface area contributed by atoms with E-state index in [1.165, 1.54) is 0 Å². The minimum Gasteiger partial charge on any atom is -0.462 e. The molecule has 0 saturated heterocycles. The molecule has 0 aliphatic heterocycles. The van der Waals surface area contributed by atoms with Gasteiger partial charge in [0.25, 0.3) is 0 Å².